The van der Waals surface area contributed by atoms with Crippen molar-refractivity contribution in [1.29, 1.82) is 5.26 Å². The molecule has 18 heavy (non-hydrogen) atoms. The monoisotopic (exact) mass is 249 g/mol. The summed E-state index contributed by atoms with van der Waals surface area (Å²) >= 11 is 0. The van der Waals surface area contributed by atoms with E-state index >= 15 is 0 Å². The molecule has 0 aromatic rings. The number of nitrogens with one attached hydrogen (secondary N) is 1. The molecule has 0 aromatic carbocycles. The van der Waals surface area contributed by atoms with Crippen LogP contribution in [0.4, 0.5) is 0 Å². The minimum Gasteiger partial charge on any atom is -0.301 e. The molecule has 2 rings (SSSR count). The van der Waals surface area contributed by atoms with E-state index in [9.17, 15) is 5.26 Å². The zero-order valence-electron chi connectivity index (χ0n) is 11.7. The van der Waals surface area contributed by atoms with Crippen molar-refractivity contribution in [1.82, 2.24) is 10.2 Å². The van der Waals surface area contributed by atoms with Gasteiger partial charge in [-0.3, -0.25) is 4.90 Å². The van der Waals surface area contributed by atoms with Gasteiger partial charge in [0.25, 0.3) is 0 Å². The van der Waals surface area contributed by atoms with E-state index in [-0.39, 0.29) is 6.04 Å². The molecule has 0 radical (unpaired) electrons. The van der Waals surface area contributed by atoms with Crippen LogP contribution in [0.15, 0.2) is 0 Å². The highest BCUT2D eigenvalue weighted by molar-refractivity contribution is 4.96. The lowest BCUT2D eigenvalue weighted by Crippen LogP contribution is -2.51. The summed E-state index contributed by atoms with van der Waals surface area (Å²) in [6, 6.07) is 3.22. The summed E-state index contributed by atoms with van der Waals surface area (Å²) in [5, 5.41) is 12.6. The molecule has 3 heteroatoms. The first-order chi connectivity index (χ1) is 8.85. The first-order valence-electron chi connectivity index (χ1n) is 7.72. The largest absolute Gasteiger partial charge is 0.301 e. The Bertz CT molecular complexity index is 282. The Labute approximate surface area is 112 Å². The van der Waals surface area contributed by atoms with E-state index in [1.54, 1.807) is 0 Å². The molecule has 0 aromatic heterocycles. The van der Waals surface area contributed by atoms with Crippen LogP contribution in [-0.2, 0) is 0 Å². The first kappa shape index (κ1) is 13.8. The lowest BCUT2D eigenvalue weighted by molar-refractivity contribution is 0.0573. The van der Waals surface area contributed by atoms with Crippen molar-refractivity contribution in [2.45, 2.75) is 64.0 Å². The number of fused-ring (bicyclic) bond motifs is 1. The fraction of sp³-hybridized carbons (Fsp3) is 0.933. The van der Waals surface area contributed by atoms with E-state index in [0.29, 0.717) is 0 Å². The Morgan fingerprint density at radius 3 is 2.83 bits per heavy atom. The van der Waals surface area contributed by atoms with Crippen molar-refractivity contribution in [2.24, 2.45) is 5.92 Å². The van der Waals surface area contributed by atoms with Gasteiger partial charge in [-0.2, -0.15) is 5.26 Å². The molecule has 1 saturated heterocycles. The van der Waals surface area contributed by atoms with Gasteiger partial charge in [-0.25, -0.2) is 0 Å². The number of nitriles is 1. The number of hydrogen-bond donors (Lipinski definition) is 1. The molecule has 2 aliphatic rings. The lowest BCUT2D eigenvalue weighted by atomic mass is 9.78. The molecule has 3 nitrogen and oxygen atoms in total. The van der Waals surface area contributed by atoms with Crippen molar-refractivity contribution in [3.05, 3.63) is 0 Å². The molecule has 3 atom stereocenters. The fourth-order valence-corrected chi connectivity index (χ4v) is 3.66. The predicted octanol–water partition coefficient (Wildman–Crippen LogP) is 2.53. The Balaban J connectivity index is 1.88. The third-order valence-corrected chi connectivity index (χ3v) is 4.57. The third kappa shape index (κ3) is 3.46. The molecule has 3 unspecified atom stereocenters. The zero-order valence-corrected chi connectivity index (χ0v) is 11.7. The minimum atomic E-state index is 0.0191. The molecular formula is C15H27N3. The summed E-state index contributed by atoms with van der Waals surface area (Å²) in [6.07, 6.45) is 9.43. The molecule has 0 spiro atoms. The van der Waals surface area contributed by atoms with Gasteiger partial charge in [-0.05, 0) is 51.1 Å². The smallest absolute Gasteiger partial charge is 0.108 e. The van der Waals surface area contributed by atoms with E-state index in [1.807, 2.05) is 0 Å². The maximum atomic E-state index is 9.24. The van der Waals surface area contributed by atoms with Crippen molar-refractivity contribution in [3.63, 3.8) is 0 Å². The molecule has 102 valence electrons. The minimum absolute atomic E-state index is 0.0191. The normalized spacial score (nSPS) is 30.4. The summed E-state index contributed by atoms with van der Waals surface area (Å²) in [7, 11) is 0. The van der Waals surface area contributed by atoms with Gasteiger partial charge in [0.1, 0.15) is 6.04 Å². The molecule has 1 heterocycles. The lowest BCUT2D eigenvalue weighted by Gasteiger charge is -2.44. The van der Waals surface area contributed by atoms with E-state index in [1.165, 1.54) is 45.1 Å². The van der Waals surface area contributed by atoms with Crippen molar-refractivity contribution in [2.75, 3.05) is 19.6 Å². The van der Waals surface area contributed by atoms with Crippen LogP contribution in [0.3, 0.4) is 0 Å². The van der Waals surface area contributed by atoms with Gasteiger partial charge < -0.3 is 5.32 Å². The summed E-state index contributed by atoms with van der Waals surface area (Å²) in [6.45, 7) is 5.24. The van der Waals surface area contributed by atoms with E-state index in [2.05, 4.69) is 23.2 Å². The Morgan fingerprint density at radius 1 is 1.28 bits per heavy atom. The van der Waals surface area contributed by atoms with Crippen molar-refractivity contribution < 1.29 is 0 Å². The van der Waals surface area contributed by atoms with Crippen LogP contribution >= 0.6 is 0 Å². The van der Waals surface area contributed by atoms with Crippen LogP contribution in [0, 0.1) is 17.2 Å². The van der Waals surface area contributed by atoms with Crippen LogP contribution in [0.5, 0.6) is 0 Å². The van der Waals surface area contributed by atoms with E-state index < -0.39 is 0 Å². The highest BCUT2D eigenvalue weighted by atomic mass is 15.2. The third-order valence-electron chi connectivity index (χ3n) is 4.57. The van der Waals surface area contributed by atoms with Crippen LogP contribution in [-0.4, -0.2) is 36.6 Å². The van der Waals surface area contributed by atoms with Crippen molar-refractivity contribution in [3.8, 4) is 6.07 Å². The number of likely N-dealkylation sites (tertiary alicyclic amines) is 1. The highest BCUT2D eigenvalue weighted by Crippen LogP contribution is 2.35. The van der Waals surface area contributed by atoms with Crippen molar-refractivity contribution >= 4 is 0 Å². The van der Waals surface area contributed by atoms with Gasteiger partial charge in [0.15, 0.2) is 0 Å². The molecule has 1 aliphatic heterocycles. The predicted molar refractivity (Wildman–Crippen MR) is 74.2 cm³/mol. The quantitative estimate of drug-likeness (QED) is 0.814. The number of hydrogen-bond acceptors (Lipinski definition) is 3. The molecule has 1 aliphatic carbocycles. The Kier molecular flexibility index (Phi) is 5.46. The number of piperidine rings is 1. The molecule has 2 fully saturated rings. The second kappa shape index (κ2) is 7.11. The zero-order chi connectivity index (χ0) is 12.8. The Morgan fingerprint density at radius 2 is 2.06 bits per heavy atom. The molecule has 0 amide bonds. The van der Waals surface area contributed by atoms with Crippen LogP contribution < -0.4 is 5.32 Å². The molecular weight excluding hydrogens is 222 g/mol. The van der Waals surface area contributed by atoms with Gasteiger partial charge in [0.05, 0.1) is 6.07 Å². The van der Waals surface area contributed by atoms with Gasteiger partial charge in [-0.15, -0.1) is 0 Å². The SMILES string of the molecule is CCCNC(C#N)CN1CCCC2CCCCC21. The fourth-order valence-electron chi connectivity index (χ4n) is 3.66. The first-order valence-corrected chi connectivity index (χ1v) is 7.72. The van der Waals surface area contributed by atoms with Gasteiger partial charge in [0, 0.05) is 12.6 Å². The maximum absolute atomic E-state index is 9.24. The summed E-state index contributed by atoms with van der Waals surface area (Å²) < 4.78 is 0. The topological polar surface area (TPSA) is 39.1 Å². The second-order valence-corrected chi connectivity index (χ2v) is 5.88. The van der Waals surface area contributed by atoms with Crippen LogP contribution in [0.1, 0.15) is 51.9 Å². The average molecular weight is 249 g/mol. The van der Waals surface area contributed by atoms with E-state index in [0.717, 1.165) is 31.5 Å². The van der Waals surface area contributed by atoms with E-state index in [4.69, 9.17) is 0 Å². The molecule has 1 saturated carbocycles. The van der Waals surface area contributed by atoms with Crippen LogP contribution in [0.25, 0.3) is 0 Å². The Hall–Kier alpha value is -0.590. The van der Waals surface area contributed by atoms with Gasteiger partial charge in [-0.1, -0.05) is 19.8 Å². The van der Waals surface area contributed by atoms with Gasteiger partial charge in [0.2, 0.25) is 0 Å². The highest BCUT2D eigenvalue weighted by Gasteiger charge is 2.33. The number of nitrogens with zero attached hydrogens (tertiary/aromatic N) is 2. The number of rotatable bonds is 5. The molecule has 0 bridgehead atoms. The second-order valence-electron chi connectivity index (χ2n) is 5.88. The maximum Gasteiger partial charge on any atom is 0.108 e. The summed E-state index contributed by atoms with van der Waals surface area (Å²) in [4.78, 5) is 2.60. The van der Waals surface area contributed by atoms with Gasteiger partial charge >= 0.3 is 0 Å². The van der Waals surface area contributed by atoms with Crippen LogP contribution in [0.2, 0.25) is 0 Å². The molecule has 1 N–H and O–H groups in total. The standard InChI is InChI=1S/C15H27N3/c1-2-9-17-14(11-16)12-18-10-5-7-13-6-3-4-8-15(13)18/h13-15,17H,2-10,12H2,1H3. The summed E-state index contributed by atoms with van der Waals surface area (Å²) in [5.74, 6) is 0.915. The average Bonchev–Trinajstić information content (AvgIpc) is 2.43. The summed E-state index contributed by atoms with van der Waals surface area (Å²) in [5.41, 5.74) is 0.